The van der Waals surface area contributed by atoms with Gasteiger partial charge in [-0.15, -0.1) is 0 Å². The maximum atomic E-state index is 9.96. The van der Waals surface area contributed by atoms with Gasteiger partial charge in [-0.2, -0.15) is 10.5 Å². The SMILES string of the molecule is N#Cc1ccc(-c2cc(-c3nc(-c4ccccc4)cc(-c4ccccc4)n3)cc(-c3ccc(C#N)cc3)c2-n2c3ccccc3c3c2ccc2c4ccccc4n(-c4ccccc4)c23)cc1. The molecule has 6 nitrogen and oxygen atoms in total. The summed E-state index contributed by atoms with van der Waals surface area (Å²) in [6.45, 7) is 0. The Morgan fingerprint density at radius 3 is 1.39 bits per heavy atom. The molecule has 0 aliphatic carbocycles. The quantitative estimate of drug-likeness (QED) is 0.160. The molecule has 12 rings (SSSR count). The first-order chi connectivity index (χ1) is 32.6. The Balaban J connectivity index is 1.23. The first-order valence-electron chi connectivity index (χ1n) is 21.9. The van der Waals surface area contributed by atoms with Crippen LogP contribution in [0.3, 0.4) is 0 Å². The molecular formula is C60H36N6. The zero-order valence-electron chi connectivity index (χ0n) is 35.5. The fourth-order valence-electron chi connectivity index (χ4n) is 9.58. The van der Waals surface area contributed by atoms with Gasteiger partial charge < -0.3 is 9.13 Å². The van der Waals surface area contributed by atoms with Crippen molar-refractivity contribution in [1.29, 1.82) is 10.5 Å². The highest BCUT2D eigenvalue weighted by molar-refractivity contribution is 6.26. The molecule has 9 aromatic carbocycles. The van der Waals surface area contributed by atoms with Crippen molar-refractivity contribution in [1.82, 2.24) is 19.1 Å². The second-order valence-electron chi connectivity index (χ2n) is 16.4. The molecule has 0 N–H and O–H groups in total. The van der Waals surface area contributed by atoms with Crippen LogP contribution < -0.4 is 0 Å². The monoisotopic (exact) mass is 840 g/mol. The Labute approximate surface area is 380 Å². The van der Waals surface area contributed by atoms with Crippen LogP contribution in [0.25, 0.3) is 111 Å². The molecular weight excluding hydrogens is 805 g/mol. The number of hydrogen-bond donors (Lipinski definition) is 0. The van der Waals surface area contributed by atoms with E-state index in [4.69, 9.17) is 9.97 Å². The molecule has 0 bridgehead atoms. The summed E-state index contributed by atoms with van der Waals surface area (Å²) in [4.78, 5) is 10.6. The van der Waals surface area contributed by atoms with Gasteiger partial charge in [-0.05, 0) is 83.9 Å². The van der Waals surface area contributed by atoms with Gasteiger partial charge in [-0.3, -0.25) is 0 Å². The van der Waals surface area contributed by atoms with Crippen molar-refractivity contribution in [2.45, 2.75) is 0 Å². The average Bonchev–Trinajstić information content (AvgIpc) is 3.92. The van der Waals surface area contributed by atoms with Gasteiger partial charge in [0.1, 0.15) is 0 Å². The number of aromatic nitrogens is 4. The summed E-state index contributed by atoms with van der Waals surface area (Å²) < 4.78 is 4.80. The van der Waals surface area contributed by atoms with Gasteiger partial charge in [0, 0.05) is 55.0 Å². The lowest BCUT2D eigenvalue weighted by atomic mass is 9.91. The van der Waals surface area contributed by atoms with Crippen LogP contribution in [-0.4, -0.2) is 19.1 Å². The summed E-state index contributed by atoms with van der Waals surface area (Å²) in [5.74, 6) is 0.572. The number of nitrogens with zero attached hydrogens (tertiary/aromatic N) is 6. The molecule has 6 heteroatoms. The van der Waals surface area contributed by atoms with Crippen molar-refractivity contribution < 1.29 is 0 Å². The van der Waals surface area contributed by atoms with Crippen molar-refractivity contribution in [3.05, 3.63) is 230 Å². The zero-order chi connectivity index (χ0) is 44.1. The van der Waals surface area contributed by atoms with Crippen LogP contribution in [0.4, 0.5) is 0 Å². The summed E-state index contributed by atoms with van der Waals surface area (Å²) in [6.07, 6.45) is 0. The molecule has 0 radical (unpaired) electrons. The van der Waals surface area contributed by atoms with Gasteiger partial charge in [-0.25, -0.2) is 9.97 Å². The van der Waals surface area contributed by atoms with E-state index in [-0.39, 0.29) is 0 Å². The van der Waals surface area contributed by atoms with E-state index in [1.54, 1.807) is 0 Å². The molecule has 0 atom stereocenters. The minimum Gasteiger partial charge on any atom is -0.309 e. The molecule has 0 fully saturated rings. The van der Waals surface area contributed by atoms with Crippen LogP contribution in [0.1, 0.15) is 11.1 Å². The van der Waals surface area contributed by atoms with Crippen molar-refractivity contribution in [2.75, 3.05) is 0 Å². The normalized spacial score (nSPS) is 11.3. The van der Waals surface area contributed by atoms with Crippen LogP contribution in [0.2, 0.25) is 0 Å². The fraction of sp³-hybridized carbons (Fsp3) is 0. The van der Waals surface area contributed by atoms with Gasteiger partial charge in [0.15, 0.2) is 5.82 Å². The van der Waals surface area contributed by atoms with E-state index in [1.807, 2.05) is 84.9 Å². The van der Waals surface area contributed by atoms with E-state index in [0.717, 1.165) is 94.5 Å². The zero-order valence-corrected chi connectivity index (χ0v) is 35.5. The van der Waals surface area contributed by atoms with Crippen molar-refractivity contribution in [3.63, 3.8) is 0 Å². The Morgan fingerprint density at radius 1 is 0.364 bits per heavy atom. The lowest BCUT2D eigenvalue weighted by Gasteiger charge is -2.21. The van der Waals surface area contributed by atoms with Crippen molar-refractivity contribution in [3.8, 4) is 79.7 Å². The molecule has 0 amide bonds. The maximum absolute atomic E-state index is 9.96. The van der Waals surface area contributed by atoms with Crippen molar-refractivity contribution in [2.24, 2.45) is 0 Å². The molecule has 0 saturated carbocycles. The molecule has 12 aromatic rings. The maximum Gasteiger partial charge on any atom is 0.160 e. The summed E-state index contributed by atoms with van der Waals surface area (Å²) in [5.41, 5.74) is 15.6. The molecule has 0 aliphatic rings. The van der Waals surface area contributed by atoms with E-state index < -0.39 is 0 Å². The van der Waals surface area contributed by atoms with Crippen LogP contribution in [-0.2, 0) is 0 Å². The number of rotatable bonds is 7. The van der Waals surface area contributed by atoms with E-state index in [1.165, 1.54) is 10.8 Å². The highest BCUT2D eigenvalue weighted by Gasteiger charge is 2.26. The predicted molar refractivity (Wildman–Crippen MR) is 267 cm³/mol. The molecule has 0 saturated heterocycles. The standard InChI is InChI=1S/C60H36N6/c61-37-39-24-28-41(29-25-39)50-34-45(60-63-52(43-14-4-1-5-15-43)36-53(64-60)44-16-6-2-7-17-44)35-51(42-30-26-40(38-62)27-31-42)58(50)66-55-23-13-11-21-49(55)57-56(66)33-32-48-47-20-10-12-22-54(47)65(59(48)57)46-18-8-3-9-19-46/h1-36H. The number of para-hydroxylation sites is 3. The third-order valence-corrected chi connectivity index (χ3v) is 12.6. The van der Waals surface area contributed by atoms with E-state index in [2.05, 4.69) is 155 Å². The minimum absolute atomic E-state index is 0.572. The third kappa shape index (κ3) is 6.33. The molecule has 3 heterocycles. The van der Waals surface area contributed by atoms with Gasteiger partial charge in [0.2, 0.25) is 0 Å². The number of hydrogen-bond acceptors (Lipinski definition) is 4. The average molecular weight is 841 g/mol. The fourth-order valence-corrected chi connectivity index (χ4v) is 9.58. The van der Waals surface area contributed by atoms with E-state index >= 15 is 0 Å². The largest absolute Gasteiger partial charge is 0.309 e. The smallest absolute Gasteiger partial charge is 0.160 e. The summed E-state index contributed by atoms with van der Waals surface area (Å²) >= 11 is 0. The van der Waals surface area contributed by atoms with Crippen molar-refractivity contribution >= 4 is 43.6 Å². The van der Waals surface area contributed by atoms with E-state index in [0.29, 0.717) is 17.0 Å². The Morgan fingerprint density at radius 2 is 0.848 bits per heavy atom. The van der Waals surface area contributed by atoms with Crippen LogP contribution in [0.15, 0.2) is 218 Å². The third-order valence-electron chi connectivity index (χ3n) is 12.6. The Bertz CT molecular complexity index is 3770. The molecule has 66 heavy (non-hydrogen) atoms. The lowest BCUT2D eigenvalue weighted by Crippen LogP contribution is -2.03. The molecule has 0 spiro atoms. The Kier molecular flexibility index (Phi) is 9.16. The molecule has 3 aromatic heterocycles. The van der Waals surface area contributed by atoms with Gasteiger partial charge in [-0.1, -0.05) is 146 Å². The summed E-state index contributed by atoms with van der Waals surface area (Å²) in [7, 11) is 0. The van der Waals surface area contributed by atoms with E-state index in [9.17, 15) is 10.5 Å². The van der Waals surface area contributed by atoms with Gasteiger partial charge >= 0.3 is 0 Å². The molecule has 306 valence electrons. The second kappa shape index (κ2) is 15.8. The van der Waals surface area contributed by atoms with Crippen LogP contribution in [0, 0.1) is 22.7 Å². The Hall–Kier alpha value is -9.36. The highest BCUT2D eigenvalue weighted by Crippen LogP contribution is 2.47. The molecule has 0 aliphatic heterocycles. The lowest BCUT2D eigenvalue weighted by molar-refractivity contribution is 1.16. The van der Waals surface area contributed by atoms with Gasteiger partial charge in [0.25, 0.3) is 0 Å². The summed E-state index contributed by atoms with van der Waals surface area (Å²) in [6, 6.07) is 79.5. The topological polar surface area (TPSA) is 83.2 Å². The van der Waals surface area contributed by atoms with Crippen LogP contribution >= 0.6 is 0 Å². The molecule has 0 unspecified atom stereocenters. The second-order valence-corrected chi connectivity index (χ2v) is 16.4. The van der Waals surface area contributed by atoms with Gasteiger partial charge in [0.05, 0.1) is 62.4 Å². The number of benzene rings is 9. The highest BCUT2D eigenvalue weighted by atomic mass is 15.0. The summed E-state index contributed by atoms with van der Waals surface area (Å²) in [5, 5.41) is 24.5. The first-order valence-corrected chi connectivity index (χ1v) is 21.9. The number of nitriles is 2. The minimum atomic E-state index is 0.572. The van der Waals surface area contributed by atoms with Crippen LogP contribution in [0.5, 0.6) is 0 Å². The number of fused-ring (bicyclic) bond motifs is 7. The first kappa shape index (κ1) is 38.3. The predicted octanol–water partition coefficient (Wildman–Crippen LogP) is 14.7.